The molecule has 0 unspecified atom stereocenters. The summed E-state index contributed by atoms with van der Waals surface area (Å²) >= 11 is 0. The van der Waals surface area contributed by atoms with E-state index in [-0.39, 0.29) is 6.54 Å². The molecule has 0 bridgehead atoms. The number of Topliss-reactive ketones (excluding diaryl/α,β-unsaturated/α-hetero) is 1. The minimum Gasteiger partial charge on any atom is -0.300 e. The summed E-state index contributed by atoms with van der Waals surface area (Å²) < 4.78 is 13.2. The molecule has 2 aromatic rings. The lowest BCUT2D eigenvalue weighted by Crippen LogP contribution is -2.29. The largest absolute Gasteiger partial charge is 0.300 e. The number of fused-ring (bicyclic) bond motifs is 1. The Bertz CT molecular complexity index is 771. The molecule has 0 N–H and O–H groups in total. The molecule has 5 heteroatoms. The van der Waals surface area contributed by atoms with Crippen LogP contribution in [0, 0.1) is 19.7 Å². The molecule has 0 saturated heterocycles. The van der Waals surface area contributed by atoms with E-state index < -0.39 is 17.5 Å². The second kappa shape index (κ2) is 4.77. The molecular weight excluding hydrogens is 271 g/mol. The smallest absolute Gasteiger partial charge is 0.299 e. The van der Waals surface area contributed by atoms with Gasteiger partial charge >= 0.3 is 0 Å². The summed E-state index contributed by atoms with van der Waals surface area (Å²) in [4.78, 5) is 29.5. The Balaban J connectivity index is 2.08. The number of ketones is 1. The van der Waals surface area contributed by atoms with Crippen LogP contribution in [0.5, 0.6) is 0 Å². The van der Waals surface area contributed by atoms with Crippen molar-refractivity contribution in [1.29, 1.82) is 0 Å². The van der Waals surface area contributed by atoms with Crippen molar-refractivity contribution < 1.29 is 14.0 Å². The quantitative estimate of drug-likeness (QED) is 0.796. The normalized spacial score (nSPS) is 13.8. The maximum Gasteiger partial charge on any atom is 0.299 e. The summed E-state index contributed by atoms with van der Waals surface area (Å²) in [5.41, 5.74) is 3.23. The number of carbonyl (C=O) groups excluding carboxylic acids is 2. The summed E-state index contributed by atoms with van der Waals surface area (Å²) in [7, 11) is 0. The molecule has 1 aromatic heterocycles. The molecular formula is C16H13FN2O2. The lowest BCUT2D eigenvalue weighted by Gasteiger charge is -2.18. The van der Waals surface area contributed by atoms with Crippen molar-refractivity contribution in [2.75, 3.05) is 4.90 Å². The van der Waals surface area contributed by atoms with Gasteiger partial charge in [-0.15, -0.1) is 0 Å². The Kier molecular flexibility index (Phi) is 3.05. The van der Waals surface area contributed by atoms with E-state index in [2.05, 4.69) is 4.98 Å². The average molecular weight is 284 g/mol. The van der Waals surface area contributed by atoms with E-state index in [0.717, 1.165) is 17.3 Å². The van der Waals surface area contributed by atoms with Crippen molar-refractivity contribution in [2.45, 2.75) is 20.4 Å². The van der Waals surface area contributed by atoms with E-state index in [0.29, 0.717) is 16.8 Å². The highest BCUT2D eigenvalue weighted by Crippen LogP contribution is 2.35. The summed E-state index contributed by atoms with van der Waals surface area (Å²) in [6.45, 7) is 3.78. The minimum atomic E-state index is -0.577. The summed E-state index contributed by atoms with van der Waals surface area (Å²) in [6.07, 6.45) is 2.59. The second-order valence-corrected chi connectivity index (χ2v) is 5.15. The first-order valence-electron chi connectivity index (χ1n) is 6.55. The van der Waals surface area contributed by atoms with Gasteiger partial charge in [0.1, 0.15) is 5.82 Å². The number of hydrogen-bond donors (Lipinski definition) is 0. The predicted molar refractivity (Wildman–Crippen MR) is 75.6 cm³/mol. The van der Waals surface area contributed by atoms with Crippen LogP contribution in [-0.4, -0.2) is 16.7 Å². The first-order chi connectivity index (χ1) is 9.99. The fourth-order valence-electron chi connectivity index (χ4n) is 2.64. The minimum absolute atomic E-state index is 0.132. The summed E-state index contributed by atoms with van der Waals surface area (Å²) in [6, 6.07) is 5.01. The maximum absolute atomic E-state index is 13.2. The van der Waals surface area contributed by atoms with Gasteiger partial charge in [-0.3, -0.25) is 19.5 Å². The van der Waals surface area contributed by atoms with Crippen LogP contribution in [0.2, 0.25) is 0 Å². The highest BCUT2D eigenvalue weighted by atomic mass is 19.1. The molecule has 2 heterocycles. The van der Waals surface area contributed by atoms with Crippen molar-refractivity contribution in [2.24, 2.45) is 0 Å². The number of rotatable bonds is 2. The maximum atomic E-state index is 13.2. The molecule has 1 aliphatic heterocycles. The third-order valence-corrected chi connectivity index (χ3v) is 3.63. The predicted octanol–water partition coefficient (Wildman–Crippen LogP) is 2.57. The van der Waals surface area contributed by atoms with Gasteiger partial charge in [-0.2, -0.15) is 0 Å². The molecule has 0 aliphatic carbocycles. The number of nitrogens with zero attached hydrogens (tertiary/aromatic N) is 2. The number of amides is 1. The molecule has 1 amide bonds. The van der Waals surface area contributed by atoms with Crippen LogP contribution in [0.3, 0.4) is 0 Å². The highest BCUT2D eigenvalue weighted by molar-refractivity contribution is 6.52. The van der Waals surface area contributed by atoms with E-state index in [1.165, 1.54) is 17.2 Å². The van der Waals surface area contributed by atoms with Crippen LogP contribution >= 0.6 is 0 Å². The van der Waals surface area contributed by atoms with Crippen LogP contribution < -0.4 is 4.90 Å². The summed E-state index contributed by atoms with van der Waals surface area (Å²) in [5, 5.41) is 0. The third-order valence-electron chi connectivity index (χ3n) is 3.63. The van der Waals surface area contributed by atoms with Gasteiger partial charge in [0.25, 0.3) is 11.7 Å². The topological polar surface area (TPSA) is 50.3 Å². The zero-order valence-electron chi connectivity index (χ0n) is 11.7. The van der Waals surface area contributed by atoms with Gasteiger partial charge in [-0.25, -0.2) is 4.39 Å². The molecule has 0 spiro atoms. The molecule has 21 heavy (non-hydrogen) atoms. The van der Waals surface area contributed by atoms with Gasteiger partial charge in [-0.1, -0.05) is 12.1 Å². The fraction of sp³-hybridized carbons (Fsp3) is 0.188. The molecule has 0 atom stereocenters. The third kappa shape index (κ3) is 2.11. The molecule has 1 aliphatic rings. The van der Waals surface area contributed by atoms with Gasteiger partial charge in [-0.05, 0) is 36.6 Å². The average Bonchev–Trinajstić information content (AvgIpc) is 2.69. The SMILES string of the molecule is Cc1ccc(C)c2c1C(=O)C(=O)N2Cc1cncc(F)c1. The Hall–Kier alpha value is -2.56. The number of carbonyl (C=O) groups is 2. The number of pyridine rings is 1. The Morgan fingerprint density at radius 1 is 1.14 bits per heavy atom. The molecule has 106 valence electrons. The first kappa shape index (κ1) is 13.4. The Morgan fingerprint density at radius 3 is 2.57 bits per heavy atom. The van der Waals surface area contributed by atoms with E-state index in [9.17, 15) is 14.0 Å². The van der Waals surface area contributed by atoms with E-state index in [4.69, 9.17) is 0 Å². The van der Waals surface area contributed by atoms with Gasteiger partial charge in [0.15, 0.2) is 0 Å². The lowest BCUT2D eigenvalue weighted by atomic mass is 10.0. The molecule has 1 aromatic carbocycles. The molecule has 3 rings (SSSR count). The van der Waals surface area contributed by atoms with Gasteiger partial charge in [0.05, 0.1) is 24.0 Å². The second-order valence-electron chi connectivity index (χ2n) is 5.15. The number of aryl methyl sites for hydroxylation is 2. The van der Waals surface area contributed by atoms with Crippen molar-refractivity contribution in [3.8, 4) is 0 Å². The van der Waals surface area contributed by atoms with Crippen LogP contribution in [0.1, 0.15) is 27.0 Å². The molecule has 0 radical (unpaired) electrons. The number of hydrogen-bond acceptors (Lipinski definition) is 3. The Labute approximate surface area is 121 Å². The fourth-order valence-corrected chi connectivity index (χ4v) is 2.64. The first-order valence-corrected chi connectivity index (χ1v) is 6.55. The molecule has 4 nitrogen and oxygen atoms in total. The number of anilines is 1. The van der Waals surface area contributed by atoms with Gasteiger partial charge < -0.3 is 0 Å². The highest BCUT2D eigenvalue weighted by Gasteiger charge is 2.38. The zero-order chi connectivity index (χ0) is 15.1. The number of halogens is 1. The van der Waals surface area contributed by atoms with Gasteiger partial charge in [0.2, 0.25) is 0 Å². The zero-order valence-corrected chi connectivity index (χ0v) is 11.7. The van der Waals surface area contributed by atoms with Crippen LogP contribution in [0.25, 0.3) is 0 Å². The van der Waals surface area contributed by atoms with Crippen molar-refractivity contribution >= 4 is 17.4 Å². The molecule has 0 fully saturated rings. The molecule has 0 saturated carbocycles. The van der Waals surface area contributed by atoms with Crippen molar-refractivity contribution in [3.05, 3.63) is 58.7 Å². The lowest BCUT2D eigenvalue weighted by molar-refractivity contribution is -0.114. The Morgan fingerprint density at radius 2 is 1.86 bits per heavy atom. The number of benzene rings is 1. The monoisotopic (exact) mass is 284 g/mol. The van der Waals surface area contributed by atoms with Crippen LogP contribution in [0.15, 0.2) is 30.6 Å². The van der Waals surface area contributed by atoms with Crippen LogP contribution in [0.4, 0.5) is 10.1 Å². The van der Waals surface area contributed by atoms with Crippen molar-refractivity contribution in [3.63, 3.8) is 0 Å². The van der Waals surface area contributed by atoms with Crippen LogP contribution in [-0.2, 0) is 11.3 Å². The standard InChI is InChI=1S/C16H13FN2O2/c1-9-3-4-10(2)14-13(9)15(20)16(21)19(14)8-11-5-12(17)7-18-6-11/h3-7H,8H2,1-2H3. The van der Waals surface area contributed by atoms with E-state index in [1.54, 1.807) is 6.92 Å². The van der Waals surface area contributed by atoms with E-state index in [1.807, 2.05) is 19.1 Å². The summed E-state index contributed by atoms with van der Waals surface area (Å²) in [5.74, 6) is -1.55. The van der Waals surface area contributed by atoms with Crippen molar-refractivity contribution in [1.82, 2.24) is 4.98 Å². The number of aromatic nitrogens is 1. The van der Waals surface area contributed by atoms with Gasteiger partial charge in [0, 0.05) is 6.20 Å². The van der Waals surface area contributed by atoms with E-state index >= 15 is 0 Å².